The van der Waals surface area contributed by atoms with E-state index in [-0.39, 0.29) is 0 Å². The lowest BCUT2D eigenvalue weighted by atomic mass is 10.1. The first-order valence-corrected chi connectivity index (χ1v) is 5.93. The summed E-state index contributed by atoms with van der Waals surface area (Å²) in [4.78, 5) is 0. The number of nitrogens with two attached hydrogens (primary N) is 1. The first-order valence-electron chi connectivity index (χ1n) is 5.93. The van der Waals surface area contributed by atoms with Gasteiger partial charge in [-0.15, -0.1) is 0 Å². The highest BCUT2D eigenvalue weighted by molar-refractivity contribution is 5.96. The molecule has 1 aromatic carbocycles. The summed E-state index contributed by atoms with van der Waals surface area (Å²) < 4.78 is 3.85. The molecule has 0 fully saturated rings. The smallest absolute Gasteiger partial charge is 0.124 e. The summed E-state index contributed by atoms with van der Waals surface area (Å²) in [6.45, 7) is 2.01. The van der Waals surface area contributed by atoms with Crippen molar-refractivity contribution in [2.45, 2.75) is 6.92 Å². The third-order valence-corrected chi connectivity index (χ3v) is 3.49. The predicted octanol–water partition coefficient (Wildman–Crippen LogP) is 2.47. The first kappa shape index (κ1) is 10.9. The summed E-state index contributed by atoms with van der Waals surface area (Å²) in [6, 6.07) is 8.33. The van der Waals surface area contributed by atoms with E-state index in [0.717, 1.165) is 22.6 Å². The maximum absolute atomic E-state index is 5.98. The van der Waals surface area contributed by atoms with Gasteiger partial charge in [-0.3, -0.25) is 4.68 Å². The second kappa shape index (κ2) is 3.63. The van der Waals surface area contributed by atoms with Crippen molar-refractivity contribution in [2.75, 3.05) is 5.73 Å². The lowest BCUT2D eigenvalue weighted by Gasteiger charge is -1.96. The van der Waals surface area contributed by atoms with Crippen LogP contribution in [0.25, 0.3) is 22.2 Å². The van der Waals surface area contributed by atoms with E-state index in [1.807, 2.05) is 33.2 Å². The third-order valence-electron chi connectivity index (χ3n) is 3.49. The SMILES string of the molecule is Cc1c(-c2cn(C)c3ccccc23)nn(C)c1N. The van der Waals surface area contributed by atoms with E-state index in [2.05, 4.69) is 28.0 Å². The fraction of sp³-hybridized carbons (Fsp3) is 0.214. The molecule has 4 nitrogen and oxygen atoms in total. The van der Waals surface area contributed by atoms with Crippen molar-refractivity contribution in [3.63, 3.8) is 0 Å². The fourth-order valence-electron chi connectivity index (χ4n) is 2.43. The van der Waals surface area contributed by atoms with Gasteiger partial charge in [0, 0.05) is 42.3 Å². The molecule has 0 spiro atoms. The Morgan fingerprint density at radius 2 is 1.89 bits per heavy atom. The molecule has 0 saturated carbocycles. The van der Waals surface area contributed by atoms with Gasteiger partial charge in [-0.05, 0) is 13.0 Å². The molecule has 3 aromatic rings. The summed E-state index contributed by atoms with van der Waals surface area (Å²) in [7, 11) is 3.92. The lowest BCUT2D eigenvalue weighted by Crippen LogP contribution is -1.97. The molecule has 2 aromatic heterocycles. The Morgan fingerprint density at radius 1 is 1.17 bits per heavy atom. The van der Waals surface area contributed by atoms with E-state index in [4.69, 9.17) is 5.73 Å². The van der Waals surface area contributed by atoms with Gasteiger partial charge in [-0.2, -0.15) is 5.10 Å². The molecule has 3 rings (SSSR count). The topological polar surface area (TPSA) is 48.8 Å². The molecule has 2 N–H and O–H groups in total. The molecule has 4 heteroatoms. The molecule has 18 heavy (non-hydrogen) atoms. The van der Waals surface area contributed by atoms with Crippen molar-refractivity contribution < 1.29 is 0 Å². The zero-order valence-corrected chi connectivity index (χ0v) is 10.8. The van der Waals surface area contributed by atoms with E-state index in [9.17, 15) is 0 Å². The highest BCUT2D eigenvalue weighted by Gasteiger charge is 2.15. The number of nitrogen functional groups attached to an aromatic ring is 1. The van der Waals surface area contributed by atoms with E-state index in [1.54, 1.807) is 4.68 Å². The maximum Gasteiger partial charge on any atom is 0.124 e. The molecule has 0 saturated heterocycles. The normalized spacial score (nSPS) is 11.3. The van der Waals surface area contributed by atoms with Crippen molar-refractivity contribution in [2.24, 2.45) is 14.1 Å². The fourth-order valence-corrected chi connectivity index (χ4v) is 2.43. The Bertz CT molecular complexity index is 734. The quantitative estimate of drug-likeness (QED) is 0.710. The van der Waals surface area contributed by atoms with Gasteiger partial charge >= 0.3 is 0 Å². The molecule has 0 aliphatic carbocycles. The minimum atomic E-state index is 0.720. The Labute approximate surface area is 106 Å². The van der Waals surface area contributed by atoms with Gasteiger partial charge in [-0.25, -0.2) is 0 Å². The van der Waals surface area contributed by atoms with Crippen molar-refractivity contribution in [1.82, 2.24) is 14.3 Å². The van der Waals surface area contributed by atoms with Crippen LogP contribution < -0.4 is 5.73 Å². The third kappa shape index (κ3) is 1.35. The van der Waals surface area contributed by atoms with Crippen LogP contribution in [0.1, 0.15) is 5.56 Å². The second-order valence-electron chi connectivity index (χ2n) is 4.65. The van der Waals surface area contributed by atoms with Crippen LogP contribution in [0.4, 0.5) is 5.82 Å². The molecule has 0 radical (unpaired) electrons. The molecule has 0 aliphatic heterocycles. The lowest BCUT2D eigenvalue weighted by molar-refractivity contribution is 0.782. The average molecular weight is 240 g/mol. The van der Waals surface area contributed by atoms with Crippen molar-refractivity contribution in [3.8, 4) is 11.3 Å². The van der Waals surface area contributed by atoms with Crippen LogP contribution in [-0.2, 0) is 14.1 Å². The zero-order valence-electron chi connectivity index (χ0n) is 10.8. The monoisotopic (exact) mass is 240 g/mol. The molecule has 0 bridgehead atoms. The van der Waals surface area contributed by atoms with Crippen LogP contribution in [0, 0.1) is 6.92 Å². The van der Waals surface area contributed by atoms with Crippen molar-refractivity contribution in [1.29, 1.82) is 0 Å². The summed E-state index contributed by atoms with van der Waals surface area (Å²) in [6.07, 6.45) is 2.11. The van der Waals surface area contributed by atoms with Gasteiger partial charge in [0.1, 0.15) is 5.82 Å². The number of aromatic nitrogens is 3. The van der Waals surface area contributed by atoms with Crippen molar-refractivity contribution in [3.05, 3.63) is 36.0 Å². The van der Waals surface area contributed by atoms with Gasteiger partial charge in [0.25, 0.3) is 0 Å². The Morgan fingerprint density at radius 3 is 2.56 bits per heavy atom. The number of hydrogen-bond donors (Lipinski definition) is 1. The van der Waals surface area contributed by atoms with Crippen LogP contribution in [0.2, 0.25) is 0 Å². The number of fused-ring (bicyclic) bond motifs is 1. The maximum atomic E-state index is 5.98. The highest BCUT2D eigenvalue weighted by Crippen LogP contribution is 2.32. The Kier molecular flexibility index (Phi) is 2.20. The molecule has 2 heterocycles. The number of nitrogens with zero attached hydrogens (tertiary/aromatic N) is 3. The molecular formula is C14H16N4. The van der Waals surface area contributed by atoms with Gasteiger partial charge in [0.15, 0.2) is 0 Å². The van der Waals surface area contributed by atoms with Crippen LogP contribution >= 0.6 is 0 Å². The average Bonchev–Trinajstić information content (AvgIpc) is 2.83. The number of aryl methyl sites for hydroxylation is 2. The van der Waals surface area contributed by atoms with Gasteiger partial charge in [0.05, 0.1) is 5.69 Å². The Hall–Kier alpha value is -2.23. The largest absolute Gasteiger partial charge is 0.384 e. The summed E-state index contributed by atoms with van der Waals surface area (Å²) >= 11 is 0. The summed E-state index contributed by atoms with van der Waals surface area (Å²) in [5, 5.41) is 5.73. The Balaban J connectivity index is 2.35. The number of rotatable bonds is 1. The van der Waals surface area contributed by atoms with E-state index in [0.29, 0.717) is 0 Å². The van der Waals surface area contributed by atoms with Gasteiger partial charge in [0.2, 0.25) is 0 Å². The van der Waals surface area contributed by atoms with Crippen LogP contribution in [0.15, 0.2) is 30.5 Å². The zero-order chi connectivity index (χ0) is 12.9. The number of hydrogen-bond acceptors (Lipinski definition) is 2. The molecule has 92 valence electrons. The van der Waals surface area contributed by atoms with Crippen LogP contribution in [0.5, 0.6) is 0 Å². The standard InChI is InChI=1S/C14H16N4/c1-9-13(16-18(3)14(9)15)11-8-17(2)12-7-5-4-6-10(11)12/h4-8H,15H2,1-3H3. The minimum absolute atomic E-state index is 0.720. The van der Waals surface area contributed by atoms with Crippen LogP contribution in [0.3, 0.4) is 0 Å². The number of benzene rings is 1. The molecule has 0 aliphatic rings. The van der Waals surface area contributed by atoms with Crippen LogP contribution in [-0.4, -0.2) is 14.3 Å². The molecule has 0 unspecified atom stereocenters. The summed E-state index contributed by atoms with van der Waals surface area (Å²) in [5.41, 5.74) is 10.3. The predicted molar refractivity (Wildman–Crippen MR) is 74.3 cm³/mol. The summed E-state index contributed by atoms with van der Waals surface area (Å²) in [5.74, 6) is 0.720. The van der Waals surface area contributed by atoms with E-state index in [1.165, 1.54) is 10.9 Å². The molecule has 0 amide bonds. The first-order chi connectivity index (χ1) is 8.59. The van der Waals surface area contributed by atoms with E-state index < -0.39 is 0 Å². The second-order valence-corrected chi connectivity index (χ2v) is 4.65. The minimum Gasteiger partial charge on any atom is -0.384 e. The molecular weight excluding hydrogens is 224 g/mol. The van der Waals surface area contributed by atoms with Crippen molar-refractivity contribution >= 4 is 16.7 Å². The van der Waals surface area contributed by atoms with Gasteiger partial charge < -0.3 is 10.3 Å². The van der Waals surface area contributed by atoms with Gasteiger partial charge in [-0.1, -0.05) is 18.2 Å². The molecule has 0 atom stereocenters. The number of anilines is 1. The van der Waals surface area contributed by atoms with E-state index >= 15 is 0 Å². The highest BCUT2D eigenvalue weighted by atomic mass is 15.3. The number of para-hydroxylation sites is 1.